The Morgan fingerprint density at radius 2 is 2.13 bits per heavy atom. The molecule has 0 aromatic rings. The van der Waals surface area contributed by atoms with Gasteiger partial charge in [-0.25, -0.2) is 0 Å². The van der Waals surface area contributed by atoms with Crippen molar-refractivity contribution < 1.29 is 9.84 Å². The standard InChI is InChI=1S/C10H23N3O2/c11-2-1-3-12-8-10(14)9-13-4-6-15-7-5-13/h10,12,14H,1-9,11H2. The number of nitrogens with one attached hydrogen (secondary N) is 1. The lowest BCUT2D eigenvalue weighted by Crippen LogP contribution is -2.43. The number of hydrogen-bond acceptors (Lipinski definition) is 5. The number of aliphatic hydroxyl groups excluding tert-OH is 1. The highest BCUT2D eigenvalue weighted by molar-refractivity contribution is 4.69. The van der Waals surface area contributed by atoms with Crippen LogP contribution in [0.1, 0.15) is 6.42 Å². The van der Waals surface area contributed by atoms with E-state index in [2.05, 4.69) is 10.2 Å². The predicted molar refractivity (Wildman–Crippen MR) is 59.8 cm³/mol. The highest BCUT2D eigenvalue weighted by Gasteiger charge is 2.14. The molecule has 0 aromatic carbocycles. The van der Waals surface area contributed by atoms with Crippen LogP contribution >= 0.6 is 0 Å². The number of ether oxygens (including phenoxy) is 1. The van der Waals surface area contributed by atoms with Gasteiger partial charge in [0.15, 0.2) is 0 Å². The molecule has 0 saturated carbocycles. The molecular weight excluding hydrogens is 194 g/mol. The summed E-state index contributed by atoms with van der Waals surface area (Å²) in [4.78, 5) is 2.23. The van der Waals surface area contributed by atoms with Gasteiger partial charge in [0, 0.05) is 26.2 Å². The first-order valence-corrected chi connectivity index (χ1v) is 5.72. The van der Waals surface area contributed by atoms with E-state index in [1.54, 1.807) is 0 Å². The van der Waals surface area contributed by atoms with E-state index in [4.69, 9.17) is 10.5 Å². The Hall–Kier alpha value is -0.200. The quantitative estimate of drug-likeness (QED) is 0.458. The Bertz CT molecular complexity index is 152. The van der Waals surface area contributed by atoms with Crippen molar-refractivity contribution in [1.82, 2.24) is 10.2 Å². The highest BCUT2D eigenvalue weighted by Crippen LogP contribution is 1.97. The molecular formula is C10H23N3O2. The number of β-amino-alcohol motifs (C(OH)–C–C–N with tert-alkyl or cyclic N) is 1. The van der Waals surface area contributed by atoms with Gasteiger partial charge in [0.2, 0.25) is 0 Å². The molecule has 1 saturated heterocycles. The lowest BCUT2D eigenvalue weighted by molar-refractivity contribution is 0.0150. The van der Waals surface area contributed by atoms with E-state index in [-0.39, 0.29) is 6.10 Å². The molecule has 15 heavy (non-hydrogen) atoms. The molecule has 4 N–H and O–H groups in total. The summed E-state index contributed by atoms with van der Waals surface area (Å²) in [5.74, 6) is 0. The van der Waals surface area contributed by atoms with Crippen LogP contribution in [-0.4, -0.2) is 68.6 Å². The van der Waals surface area contributed by atoms with Crippen molar-refractivity contribution >= 4 is 0 Å². The van der Waals surface area contributed by atoms with Crippen LogP contribution in [0.25, 0.3) is 0 Å². The topological polar surface area (TPSA) is 70.8 Å². The summed E-state index contributed by atoms with van der Waals surface area (Å²) in [6, 6.07) is 0. The van der Waals surface area contributed by atoms with Crippen LogP contribution in [0.4, 0.5) is 0 Å². The van der Waals surface area contributed by atoms with Gasteiger partial charge >= 0.3 is 0 Å². The molecule has 5 nitrogen and oxygen atoms in total. The van der Waals surface area contributed by atoms with E-state index in [0.717, 1.165) is 45.8 Å². The second-order valence-corrected chi connectivity index (χ2v) is 3.91. The monoisotopic (exact) mass is 217 g/mol. The maximum atomic E-state index is 9.72. The number of morpholine rings is 1. The SMILES string of the molecule is NCCCNCC(O)CN1CCOCC1. The molecule has 1 aliphatic heterocycles. The summed E-state index contributed by atoms with van der Waals surface area (Å²) in [5, 5.41) is 12.9. The summed E-state index contributed by atoms with van der Waals surface area (Å²) in [6.45, 7) is 6.40. The Labute approximate surface area is 91.6 Å². The van der Waals surface area contributed by atoms with Gasteiger partial charge in [0.05, 0.1) is 19.3 Å². The lowest BCUT2D eigenvalue weighted by atomic mass is 10.3. The maximum Gasteiger partial charge on any atom is 0.0791 e. The van der Waals surface area contributed by atoms with Crippen LogP contribution in [0.15, 0.2) is 0 Å². The first-order valence-electron chi connectivity index (χ1n) is 5.72. The summed E-state index contributed by atoms with van der Waals surface area (Å²) in [5.41, 5.74) is 5.37. The van der Waals surface area contributed by atoms with Crippen molar-refractivity contribution in [2.24, 2.45) is 5.73 Å². The molecule has 0 bridgehead atoms. The van der Waals surface area contributed by atoms with Crippen molar-refractivity contribution in [2.75, 3.05) is 52.5 Å². The minimum atomic E-state index is -0.291. The minimum Gasteiger partial charge on any atom is -0.390 e. The maximum absolute atomic E-state index is 9.72. The van der Waals surface area contributed by atoms with Crippen LogP contribution in [0.5, 0.6) is 0 Å². The molecule has 0 amide bonds. The Morgan fingerprint density at radius 1 is 1.40 bits per heavy atom. The van der Waals surface area contributed by atoms with Crippen LogP contribution in [0.2, 0.25) is 0 Å². The minimum absolute atomic E-state index is 0.291. The van der Waals surface area contributed by atoms with Gasteiger partial charge in [0.25, 0.3) is 0 Å². The van der Waals surface area contributed by atoms with Gasteiger partial charge in [-0.1, -0.05) is 0 Å². The average Bonchev–Trinajstić information content (AvgIpc) is 2.26. The fraction of sp³-hybridized carbons (Fsp3) is 1.00. The third kappa shape index (κ3) is 6.06. The number of nitrogens with zero attached hydrogens (tertiary/aromatic N) is 1. The third-order valence-corrected chi connectivity index (χ3v) is 2.51. The smallest absolute Gasteiger partial charge is 0.0791 e. The zero-order valence-electron chi connectivity index (χ0n) is 9.32. The molecule has 1 rings (SSSR count). The fourth-order valence-electron chi connectivity index (χ4n) is 1.64. The third-order valence-electron chi connectivity index (χ3n) is 2.51. The molecule has 0 radical (unpaired) electrons. The number of nitrogens with two attached hydrogens (primary N) is 1. The van der Waals surface area contributed by atoms with Gasteiger partial charge in [-0.05, 0) is 19.5 Å². The predicted octanol–water partition coefficient (Wildman–Crippen LogP) is -1.38. The molecule has 1 fully saturated rings. The van der Waals surface area contributed by atoms with Crippen molar-refractivity contribution in [1.29, 1.82) is 0 Å². The molecule has 0 aliphatic carbocycles. The lowest BCUT2D eigenvalue weighted by Gasteiger charge is -2.28. The summed E-state index contributed by atoms with van der Waals surface area (Å²) >= 11 is 0. The second kappa shape index (κ2) is 8.01. The van der Waals surface area contributed by atoms with E-state index in [0.29, 0.717) is 13.1 Å². The van der Waals surface area contributed by atoms with E-state index in [1.807, 2.05) is 0 Å². The summed E-state index contributed by atoms with van der Waals surface area (Å²) in [7, 11) is 0. The van der Waals surface area contributed by atoms with Crippen LogP contribution < -0.4 is 11.1 Å². The number of hydrogen-bond donors (Lipinski definition) is 3. The zero-order valence-corrected chi connectivity index (χ0v) is 9.32. The van der Waals surface area contributed by atoms with E-state index >= 15 is 0 Å². The molecule has 1 aliphatic rings. The van der Waals surface area contributed by atoms with Gasteiger partial charge in [0.1, 0.15) is 0 Å². The summed E-state index contributed by atoms with van der Waals surface area (Å²) < 4.78 is 5.24. The van der Waals surface area contributed by atoms with Crippen LogP contribution in [-0.2, 0) is 4.74 Å². The molecule has 1 heterocycles. The van der Waals surface area contributed by atoms with E-state index in [1.165, 1.54) is 0 Å². The van der Waals surface area contributed by atoms with Gasteiger partial charge in [-0.3, -0.25) is 4.90 Å². The molecule has 1 atom stereocenters. The van der Waals surface area contributed by atoms with Crippen molar-refractivity contribution in [3.8, 4) is 0 Å². The molecule has 5 heteroatoms. The largest absolute Gasteiger partial charge is 0.390 e. The van der Waals surface area contributed by atoms with E-state index < -0.39 is 0 Å². The van der Waals surface area contributed by atoms with Crippen molar-refractivity contribution in [3.05, 3.63) is 0 Å². The zero-order chi connectivity index (χ0) is 10.9. The first-order chi connectivity index (χ1) is 7.33. The first kappa shape index (κ1) is 12.9. The molecule has 1 unspecified atom stereocenters. The van der Waals surface area contributed by atoms with Crippen LogP contribution in [0.3, 0.4) is 0 Å². The van der Waals surface area contributed by atoms with Crippen LogP contribution in [0, 0.1) is 0 Å². The van der Waals surface area contributed by atoms with Crippen molar-refractivity contribution in [3.63, 3.8) is 0 Å². The Balaban J connectivity index is 1.98. The normalized spacial score (nSPS) is 20.4. The van der Waals surface area contributed by atoms with E-state index in [9.17, 15) is 5.11 Å². The average molecular weight is 217 g/mol. The number of aliphatic hydroxyl groups is 1. The summed E-state index contributed by atoms with van der Waals surface area (Å²) in [6.07, 6.45) is 0.672. The second-order valence-electron chi connectivity index (χ2n) is 3.91. The molecule has 0 spiro atoms. The Morgan fingerprint density at radius 3 is 2.80 bits per heavy atom. The fourth-order valence-corrected chi connectivity index (χ4v) is 1.64. The molecule has 0 aromatic heterocycles. The van der Waals surface area contributed by atoms with Gasteiger partial charge in [-0.15, -0.1) is 0 Å². The van der Waals surface area contributed by atoms with Gasteiger partial charge < -0.3 is 20.9 Å². The van der Waals surface area contributed by atoms with Gasteiger partial charge in [-0.2, -0.15) is 0 Å². The number of rotatable bonds is 7. The highest BCUT2D eigenvalue weighted by atomic mass is 16.5. The Kier molecular flexibility index (Phi) is 6.87. The van der Waals surface area contributed by atoms with Crippen molar-refractivity contribution in [2.45, 2.75) is 12.5 Å². The molecule has 90 valence electrons.